The summed E-state index contributed by atoms with van der Waals surface area (Å²) in [6.07, 6.45) is 0. The zero-order valence-electron chi connectivity index (χ0n) is 23.5. The maximum Gasteiger partial charge on any atom is 0.336 e. The van der Waals surface area contributed by atoms with Gasteiger partial charge in [-0.1, -0.05) is 48.0 Å². The summed E-state index contributed by atoms with van der Waals surface area (Å²) in [4.78, 5) is 36.5. The van der Waals surface area contributed by atoms with Gasteiger partial charge in [-0.25, -0.2) is 9.78 Å². The number of aryl methyl sites for hydroxylation is 2. The van der Waals surface area contributed by atoms with E-state index >= 15 is 0 Å². The van der Waals surface area contributed by atoms with Crippen LogP contribution in [0.1, 0.15) is 42.5 Å². The number of ether oxygens (including phenoxy) is 2. The average molecular weight is 563 g/mol. The molecule has 2 atom stereocenters. The van der Waals surface area contributed by atoms with Crippen molar-refractivity contribution in [2.24, 2.45) is 10.9 Å². The van der Waals surface area contributed by atoms with Gasteiger partial charge in [0.1, 0.15) is 5.82 Å². The van der Waals surface area contributed by atoms with Crippen molar-refractivity contribution in [2.45, 2.75) is 47.1 Å². The first-order valence-corrected chi connectivity index (χ1v) is 13.7. The van der Waals surface area contributed by atoms with Crippen LogP contribution >= 0.6 is 11.6 Å². The zero-order valence-corrected chi connectivity index (χ0v) is 24.3. The van der Waals surface area contributed by atoms with E-state index in [0.717, 1.165) is 17.2 Å². The second-order valence-corrected chi connectivity index (χ2v) is 10.1. The van der Waals surface area contributed by atoms with Crippen LogP contribution in [0.25, 0.3) is 0 Å². The molecule has 1 N–H and O–H groups in total. The second-order valence-electron chi connectivity index (χ2n) is 9.70. The third-order valence-electron chi connectivity index (χ3n) is 7.12. The van der Waals surface area contributed by atoms with Crippen LogP contribution in [0.2, 0.25) is 5.02 Å². The largest absolute Gasteiger partial charge is 0.463 e. The van der Waals surface area contributed by atoms with Crippen molar-refractivity contribution < 1.29 is 19.1 Å². The first-order valence-electron chi connectivity index (χ1n) is 13.4. The van der Waals surface area contributed by atoms with Gasteiger partial charge < -0.3 is 19.4 Å². The number of aliphatic imine (C=N–C) groups is 1. The number of benzene rings is 2. The predicted molar refractivity (Wildman–Crippen MR) is 157 cm³/mol. The van der Waals surface area contributed by atoms with Crippen molar-refractivity contribution in [3.05, 3.63) is 93.7 Å². The molecule has 1 aliphatic rings. The highest BCUT2D eigenvalue weighted by molar-refractivity contribution is 6.31. The number of aromatic nitrogens is 2. The Bertz CT molecular complexity index is 1440. The molecule has 3 aromatic rings. The van der Waals surface area contributed by atoms with E-state index in [1.807, 2.05) is 69.3 Å². The van der Waals surface area contributed by atoms with Crippen molar-refractivity contribution >= 4 is 34.9 Å². The highest BCUT2D eigenvalue weighted by atomic mass is 35.5. The number of hydrogen-bond acceptors (Lipinski definition) is 6. The SMILES string of the molecule is CCOC(=O)C1=C(COCCn2c(C)nc(C)c2C)N=C(C)C(C(=O)Nc2ccccc2)C1c1ccccc1Cl. The standard InChI is InChI=1S/C31H35ClN4O4/c1-6-40-31(38)29-26(18-39-17-16-36-21(4)19(2)33-22(36)5)34-20(3)27(28(29)24-14-10-11-15-25(24)32)30(37)35-23-12-8-7-9-13-23/h7-15,27-28H,6,16-18H2,1-5H3,(H,35,37). The maximum atomic E-state index is 13.7. The van der Waals surface area contributed by atoms with Gasteiger partial charge in [-0.3, -0.25) is 9.79 Å². The molecule has 1 amide bonds. The molecule has 0 aliphatic carbocycles. The molecule has 9 heteroatoms. The van der Waals surface area contributed by atoms with Crippen molar-refractivity contribution in [2.75, 3.05) is 25.1 Å². The van der Waals surface area contributed by atoms with Crippen LogP contribution in [-0.2, 0) is 25.6 Å². The molecule has 1 aromatic heterocycles. The lowest BCUT2D eigenvalue weighted by molar-refractivity contribution is -0.139. The van der Waals surface area contributed by atoms with E-state index in [-0.39, 0.29) is 24.7 Å². The molecule has 2 aromatic carbocycles. The van der Waals surface area contributed by atoms with E-state index in [9.17, 15) is 9.59 Å². The van der Waals surface area contributed by atoms with Crippen LogP contribution in [-0.4, -0.2) is 47.0 Å². The molecule has 0 saturated carbocycles. The third kappa shape index (κ3) is 6.35. The summed E-state index contributed by atoms with van der Waals surface area (Å²) in [5.74, 6) is -1.42. The van der Waals surface area contributed by atoms with Crippen LogP contribution < -0.4 is 5.32 Å². The molecule has 0 fully saturated rings. The summed E-state index contributed by atoms with van der Waals surface area (Å²) in [7, 11) is 0. The molecule has 210 valence electrons. The van der Waals surface area contributed by atoms with Gasteiger partial charge in [0, 0.05) is 34.6 Å². The molecule has 8 nitrogen and oxygen atoms in total. The number of anilines is 1. The van der Waals surface area contributed by atoms with Crippen molar-refractivity contribution in [3.63, 3.8) is 0 Å². The Labute approximate surface area is 240 Å². The first kappa shape index (κ1) is 29.2. The summed E-state index contributed by atoms with van der Waals surface area (Å²) < 4.78 is 13.6. The molecule has 40 heavy (non-hydrogen) atoms. The number of nitrogens with zero attached hydrogens (tertiary/aromatic N) is 3. The van der Waals surface area contributed by atoms with Crippen molar-refractivity contribution in [3.8, 4) is 0 Å². The minimum atomic E-state index is -0.789. The van der Waals surface area contributed by atoms with Crippen LogP contribution in [0.15, 0.2) is 70.9 Å². The third-order valence-corrected chi connectivity index (χ3v) is 7.47. The lowest BCUT2D eigenvalue weighted by Crippen LogP contribution is -2.39. The Hall–Kier alpha value is -3.75. The highest BCUT2D eigenvalue weighted by Crippen LogP contribution is 2.42. The van der Waals surface area contributed by atoms with Crippen molar-refractivity contribution in [1.82, 2.24) is 9.55 Å². The van der Waals surface area contributed by atoms with E-state index in [1.165, 1.54) is 0 Å². The summed E-state index contributed by atoms with van der Waals surface area (Å²) >= 11 is 6.67. The first-order chi connectivity index (χ1) is 19.2. The number of para-hydroxylation sites is 1. The zero-order chi connectivity index (χ0) is 28.8. The van der Waals surface area contributed by atoms with Gasteiger partial charge in [-0.15, -0.1) is 0 Å². The molecule has 0 radical (unpaired) electrons. The molecule has 0 spiro atoms. The average Bonchev–Trinajstić information content (AvgIpc) is 3.17. The van der Waals surface area contributed by atoms with E-state index in [0.29, 0.717) is 40.8 Å². The molecule has 2 heterocycles. The fourth-order valence-electron chi connectivity index (χ4n) is 5.11. The van der Waals surface area contributed by atoms with Crippen LogP contribution in [0.3, 0.4) is 0 Å². The van der Waals surface area contributed by atoms with E-state index < -0.39 is 17.8 Å². The maximum absolute atomic E-state index is 13.7. The number of nitrogens with one attached hydrogen (secondary N) is 1. The lowest BCUT2D eigenvalue weighted by Gasteiger charge is -2.33. The molecule has 2 unspecified atom stereocenters. The molecule has 1 aliphatic heterocycles. The fourth-order valence-corrected chi connectivity index (χ4v) is 5.37. The second kappa shape index (κ2) is 13.1. The minimum absolute atomic E-state index is 0.0746. The van der Waals surface area contributed by atoms with Gasteiger partial charge in [0.15, 0.2) is 0 Å². The normalized spacial score (nSPS) is 17.0. The Morgan fingerprint density at radius 2 is 1.73 bits per heavy atom. The summed E-state index contributed by atoms with van der Waals surface area (Å²) in [6.45, 7) is 10.8. The van der Waals surface area contributed by atoms with Gasteiger partial charge in [-0.2, -0.15) is 0 Å². The molecular weight excluding hydrogens is 528 g/mol. The quantitative estimate of drug-likeness (QED) is 0.248. The Morgan fingerprint density at radius 3 is 2.38 bits per heavy atom. The van der Waals surface area contributed by atoms with Crippen LogP contribution in [0, 0.1) is 26.7 Å². The number of carbonyl (C=O) groups excluding carboxylic acids is 2. The number of halogens is 1. The Morgan fingerprint density at radius 1 is 1.02 bits per heavy atom. The van der Waals surface area contributed by atoms with Gasteiger partial charge >= 0.3 is 5.97 Å². The van der Waals surface area contributed by atoms with E-state index in [4.69, 9.17) is 26.1 Å². The number of esters is 1. The topological polar surface area (TPSA) is 94.8 Å². The fraction of sp³-hybridized carbons (Fsp3) is 0.355. The summed E-state index contributed by atoms with van der Waals surface area (Å²) in [5.41, 5.74) is 4.63. The molecular formula is C31H35ClN4O4. The monoisotopic (exact) mass is 562 g/mol. The van der Waals surface area contributed by atoms with Gasteiger partial charge in [-0.05, 0) is 58.4 Å². The smallest absolute Gasteiger partial charge is 0.336 e. The summed E-state index contributed by atoms with van der Waals surface area (Å²) in [6, 6.07) is 16.4. The van der Waals surface area contributed by atoms with Crippen LogP contribution in [0.5, 0.6) is 0 Å². The number of amides is 1. The highest BCUT2D eigenvalue weighted by Gasteiger charge is 2.43. The van der Waals surface area contributed by atoms with Crippen LogP contribution in [0.4, 0.5) is 5.69 Å². The van der Waals surface area contributed by atoms with E-state index in [1.54, 1.807) is 19.9 Å². The van der Waals surface area contributed by atoms with Gasteiger partial charge in [0.05, 0.1) is 42.7 Å². The summed E-state index contributed by atoms with van der Waals surface area (Å²) in [5, 5.41) is 3.42. The molecule has 0 saturated heterocycles. The lowest BCUT2D eigenvalue weighted by atomic mass is 9.75. The number of hydrogen-bond donors (Lipinski definition) is 1. The number of carbonyl (C=O) groups is 2. The molecule has 0 bridgehead atoms. The number of rotatable bonds is 10. The minimum Gasteiger partial charge on any atom is -0.463 e. The van der Waals surface area contributed by atoms with E-state index in [2.05, 4.69) is 14.9 Å². The van der Waals surface area contributed by atoms with Crippen molar-refractivity contribution in [1.29, 1.82) is 0 Å². The number of imidazole rings is 1. The van der Waals surface area contributed by atoms with Gasteiger partial charge in [0.25, 0.3) is 0 Å². The predicted octanol–water partition coefficient (Wildman–Crippen LogP) is 5.81. The Kier molecular flexibility index (Phi) is 9.55. The van der Waals surface area contributed by atoms with Gasteiger partial charge in [0.2, 0.25) is 5.91 Å². The Balaban J connectivity index is 1.70. The molecule has 4 rings (SSSR count).